The Kier molecular flexibility index (Phi) is 16.8. The molecule has 4 aromatic rings. The highest BCUT2D eigenvalue weighted by molar-refractivity contribution is 6.14. The summed E-state index contributed by atoms with van der Waals surface area (Å²) in [5.74, 6) is -12.0. The third-order valence-electron chi connectivity index (χ3n) is 17.8. The molecule has 3 heterocycles. The minimum Gasteiger partial charge on any atom is -0.507 e. The highest BCUT2D eigenvalue weighted by Crippen LogP contribution is 2.50. The molecule has 11 rings (SSSR count). The molecule has 14 unspecified atom stereocenters. The molecule has 0 amide bonds. The zero-order valence-electron chi connectivity index (χ0n) is 45.5. The normalized spacial score (nSPS) is 31.5. The van der Waals surface area contributed by atoms with E-state index >= 15 is 0 Å². The van der Waals surface area contributed by atoms with Crippen LogP contribution >= 0.6 is 0 Å². The highest BCUT2D eigenvalue weighted by Gasteiger charge is 2.59. The van der Waals surface area contributed by atoms with Gasteiger partial charge >= 0.3 is 23.9 Å². The number of rotatable bonds is 16. The lowest BCUT2D eigenvalue weighted by molar-refractivity contribution is -0.302. The van der Waals surface area contributed by atoms with Crippen molar-refractivity contribution in [2.75, 3.05) is 26.4 Å². The first-order valence-electron chi connectivity index (χ1n) is 27.4. The Morgan fingerprint density at radius 3 is 1.80 bits per heavy atom. The van der Waals surface area contributed by atoms with Crippen molar-refractivity contribution >= 4 is 63.4 Å². The fourth-order valence-corrected chi connectivity index (χ4v) is 12.8. The number of esters is 2. The Hall–Kier alpha value is -7.03. The number of aliphatic carboxylic acids is 2. The highest BCUT2D eigenvalue weighted by atomic mass is 16.7. The Balaban J connectivity index is 0.000000191. The summed E-state index contributed by atoms with van der Waals surface area (Å²) in [5, 5.41) is 155. The van der Waals surface area contributed by atoms with Gasteiger partial charge in [-0.1, -0.05) is 25.1 Å². The molecule has 27 nitrogen and oxygen atoms in total. The molecule has 460 valence electrons. The van der Waals surface area contributed by atoms with Crippen LogP contribution in [0.4, 0.5) is 0 Å². The first-order chi connectivity index (χ1) is 40.6. The summed E-state index contributed by atoms with van der Waals surface area (Å²) in [7, 11) is 0. The summed E-state index contributed by atoms with van der Waals surface area (Å²) < 4.78 is 26.3. The third kappa shape index (κ3) is 10.4. The molecule has 7 aliphatic rings. The summed E-state index contributed by atoms with van der Waals surface area (Å²) in [6.45, 7) is -0.646. The van der Waals surface area contributed by atoms with E-state index in [1.54, 1.807) is 13.0 Å². The number of carbonyl (C=O) groups excluding carboxylic acids is 3. The number of phenols is 2. The predicted octanol–water partition coefficient (Wildman–Crippen LogP) is -2.45. The van der Waals surface area contributed by atoms with Crippen LogP contribution in [0.3, 0.4) is 0 Å². The van der Waals surface area contributed by atoms with E-state index in [-0.39, 0.29) is 85.6 Å². The molecule has 8 bridgehead atoms. The monoisotopic (exact) mass is 1200 g/mol. The van der Waals surface area contributed by atoms with E-state index in [0.29, 0.717) is 5.56 Å². The van der Waals surface area contributed by atoms with Crippen LogP contribution in [0.15, 0.2) is 69.3 Å². The molecular weight excluding hydrogens is 1140 g/mol. The zero-order chi connectivity index (χ0) is 62.4. The molecule has 86 heavy (non-hydrogen) atoms. The quantitative estimate of drug-likeness (QED) is 0.0315. The SMILES string of the molecule is CC1C(CO)OC(OCCC(Cc2cc3cc4c(ccc(O)c4c2=O)C2C(=O)/C(=C\3)CC2O)(C(=O)O)C(=O)O)C(O)C1O.O=C1OC(=O)C1(CCOC1OC(CO)C(O)C(O)C1O)Cc1cc2cc3c(ccc(O)c3c1=O)C1C(O)C/C(=C/2)C1(O)O. The van der Waals surface area contributed by atoms with Crippen molar-refractivity contribution in [3.8, 4) is 11.5 Å². The van der Waals surface area contributed by atoms with Gasteiger partial charge in [-0.3, -0.25) is 33.6 Å². The van der Waals surface area contributed by atoms with E-state index in [4.69, 9.17) is 18.9 Å². The van der Waals surface area contributed by atoms with Gasteiger partial charge in [0.25, 0.3) is 0 Å². The van der Waals surface area contributed by atoms with Gasteiger partial charge in [-0.15, -0.1) is 0 Å². The van der Waals surface area contributed by atoms with Gasteiger partial charge in [0.1, 0.15) is 42.0 Å². The second-order valence-corrected chi connectivity index (χ2v) is 22.9. The maximum atomic E-state index is 13.9. The van der Waals surface area contributed by atoms with Crippen LogP contribution in [0.1, 0.15) is 77.8 Å². The number of phenolic OH excluding ortho intramolecular Hbond substituents is 2. The number of ketones is 1. The van der Waals surface area contributed by atoms with Gasteiger partial charge in [-0.25, -0.2) is 0 Å². The lowest BCUT2D eigenvalue weighted by atomic mass is 9.75. The Labute approximate surface area is 485 Å². The van der Waals surface area contributed by atoms with E-state index in [1.165, 1.54) is 54.6 Å². The fourth-order valence-electron chi connectivity index (χ4n) is 12.8. The predicted molar refractivity (Wildman–Crippen MR) is 289 cm³/mol. The Morgan fingerprint density at radius 1 is 0.651 bits per heavy atom. The molecule has 2 saturated carbocycles. The largest absolute Gasteiger partial charge is 0.507 e. The lowest BCUT2D eigenvalue weighted by Gasteiger charge is -2.40. The molecule has 0 spiro atoms. The van der Waals surface area contributed by atoms with E-state index in [9.17, 15) is 110 Å². The number of ether oxygens (including phenoxy) is 5. The van der Waals surface area contributed by atoms with Crippen LogP contribution < -0.4 is 10.9 Å². The van der Waals surface area contributed by atoms with Gasteiger partial charge in [0, 0.05) is 42.7 Å². The topological polar surface area (TPSA) is 469 Å². The lowest BCUT2D eigenvalue weighted by Crippen LogP contribution is -2.59. The second kappa shape index (κ2) is 23.2. The molecule has 15 N–H and O–H groups in total. The maximum absolute atomic E-state index is 13.9. The van der Waals surface area contributed by atoms with Crippen molar-refractivity contribution in [1.82, 2.24) is 0 Å². The summed E-state index contributed by atoms with van der Waals surface area (Å²) >= 11 is 0. The van der Waals surface area contributed by atoms with E-state index < -0.39 is 194 Å². The van der Waals surface area contributed by atoms with Crippen LogP contribution in [0.5, 0.6) is 11.5 Å². The first kappa shape index (κ1) is 62.0. The molecule has 5 fully saturated rings. The third-order valence-corrected chi connectivity index (χ3v) is 17.8. The van der Waals surface area contributed by atoms with Gasteiger partial charge in [-0.05, 0) is 99.5 Å². The van der Waals surface area contributed by atoms with Gasteiger partial charge in [0.05, 0.1) is 73.5 Å². The van der Waals surface area contributed by atoms with Crippen molar-refractivity contribution in [3.05, 3.63) is 114 Å². The number of cyclic esters (lactones) is 2. The number of carboxylic acids is 2. The molecule has 4 aliphatic carbocycles. The number of benzene rings is 2. The molecular formula is C59H62O27. The number of carboxylic acid groups (broad SMARTS) is 2. The van der Waals surface area contributed by atoms with Crippen LogP contribution in [0, 0.1) is 16.7 Å². The van der Waals surface area contributed by atoms with Crippen LogP contribution in [0.25, 0.3) is 33.7 Å². The van der Waals surface area contributed by atoms with E-state index in [0.717, 1.165) is 0 Å². The summed E-state index contributed by atoms with van der Waals surface area (Å²) in [5.41, 5.74) is -4.98. The zero-order valence-corrected chi connectivity index (χ0v) is 45.5. The Bertz CT molecular complexity index is 3620. The Morgan fingerprint density at radius 2 is 1.20 bits per heavy atom. The number of aliphatic hydroxyl groups is 11. The maximum Gasteiger partial charge on any atom is 0.331 e. The van der Waals surface area contributed by atoms with Crippen molar-refractivity contribution in [1.29, 1.82) is 0 Å². The van der Waals surface area contributed by atoms with Crippen molar-refractivity contribution in [2.24, 2.45) is 16.7 Å². The first-order valence-corrected chi connectivity index (χ1v) is 27.4. The van der Waals surface area contributed by atoms with Crippen molar-refractivity contribution < 1.29 is 124 Å². The smallest absolute Gasteiger partial charge is 0.331 e. The average molecular weight is 1200 g/mol. The van der Waals surface area contributed by atoms with Crippen LogP contribution in [-0.4, -0.2) is 206 Å². The van der Waals surface area contributed by atoms with E-state index in [1.807, 2.05) is 0 Å². The fraction of sp³-hybridized carbons (Fsp3) is 0.475. The van der Waals surface area contributed by atoms with Crippen molar-refractivity contribution in [2.45, 2.75) is 131 Å². The minimum atomic E-state index is -2.62. The van der Waals surface area contributed by atoms with Gasteiger partial charge in [0.15, 0.2) is 45.8 Å². The van der Waals surface area contributed by atoms with Gasteiger partial charge in [0.2, 0.25) is 0 Å². The minimum absolute atomic E-state index is 0.0405. The number of Topliss-reactive ketones (excluding diaryl/α,β-unsaturated/α-hetero) is 1. The van der Waals surface area contributed by atoms with Gasteiger partial charge < -0.3 is 100 Å². The van der Waals surface area contributed by atoms with Crippen molar-refractivity contribution in [3.63, 3.8) is 0 Å². The molecule has 27 heteroatoms. The second-order valence-electron chi connectivity index (χ2n) is 22.9. The molecule has 0 radical (unpaired) electrons. The molecule has 3 saturated heterocycles. The summed E-state index contributed by atoms with van der Waals surface area (Å²) in [4.78, 5) is 91.5. The number of fused-ring (bicyclic) bond motifs is 8. The average Bonchev–Trinajstić information content (AvgIpc) is 1.68. The standard InChI is InChI=1S/C30H32O13.C29H30O14/c1-12-20(11-31)43-27(26(37)23(12)34)42-5-4-30(28(38)39,29(40)41)10-15-7-13-6-14-9-19(33)21(24(14)35)16-2-3-18(32)22(25(15)36)17(16)8-13;30-10-18-22(34)23(35)24(36)25(42-18)41-4-3-28(26(37)43-27(28)38)9-12-5-11-6-13-8-17(32)20(29(13,39)40)14-1-2-16(31)19(21(12)33)15(14)7-11/h2-3,6-8,12,19-21,23,26-27,31-34,37H,4-5,9-11H2,1H3,(H,38,39)(H,40,41);1-2,5-7,17-18,20,22-25,30-32,34-36,39-40H,3-4,8-10H2/b14-6-;13-6-. The molecule has 3 aliphatic heterocycles. The molecule has 14 atom stereocenters. The number of hydrogen-bond acceptors (Lipinski definition) is 25. The summed E-state index contributed by atoms with van der Waals surface area (Å²) in [6.07, 6.45) is -14.9. The van der Waals surface area contributed by atoms with Gasteiger partial charge in [-0.2, -0.15) is 0 Å². The van der Waals surface area contributed by atoms with E-state index in [2.05, 4.69) is 4.74 Å². The number of aromatic hydroxyl groups is 2. The molecule has 4 aromatic carbocycles. The van der Waals surface area contributed by atoms with Crippen LogP contribution in [-0.2, 0) is 60.5 Å². The number of hydrogen-bond donors (Lipinski definition) is 15. The van der Waals surface area contributed by atoms with Crippen LogP contribution in [0.2, 0.25) is 0 Å². The molecule has 0 aromatic heterocycles. The number of aliphatic hydroxyl groups excluding tert-OH is 9. The number of carbonyl (C=O) groups is 5. The summed E-state index contributed by atoms with van der Waals surface area (Å²) in [6, 6.07) is 10.9.